The molecule has 2 aromatic carbocycles. The van der Waals surface area contributed by atoms with Gasteiger partial charge in [0.25, 0.3) is 0 Å². The molecule has 25 heavy (non-hydrogen) atoms. The van der Waals surface area contributed by atoms with Crippen molar-refractivity contribution in [3.05, 3.63) is 65.0 Å². The first-order chi connectivity index (χ1) is 12.0. The van der Waals surface area contributed by atoms with Gasteiger partial charge in [0.1, 0.15) is 5.58 Å². The summed E-state index contributed by atoms with van der Waals surface area (Å²) in [5.74, 6) is 0.574. The summed E-state index contributed by atoms with van der Waals surface area (Å²) in [5.41, 5.74) is 8.75. The second-order valence-corrected chi connectivity index (χ2v) is 6.84. The van der Waals surface area contributed by atoms with Gasteiger partial charge in [0.05, 0.1) is 5.56 Å². The maximum Gasteiger partial charge on any atom is 0.344 e. The molecule has 0 spiro atoms. The first-order valence-electron chi connectivity index (χ1n) is 8.65. The zero-order chi connectivity index (χ0) is 17.8. The van der Waals surface area contributed by atoms with Crippen LogP contribution in [0.4, 0.5) is 5.69 Å². The van der Waals surface area contributed by atoms with Crippen molar-refractivity contribution in [1.82, 2.24) is 0 Å². The molecule has 0 aliphatic carbocycles. The molecule has 3 aromatic rings. The molecule has 0 radical (unpaired) electrons. The lowest BCUT2D eigenvalue weighted by atomic mass is 10.0. The van der Waals surface area contributed by atoms with Crippen LogP contribution in [0.1, 0.15) is 20.3 Å². The number of para-hydroxylation sites is 1. The van der Waals surface area contributed by atoms with Crippen molar-refractivity contribution in [2.75, 3.05) is 11.9 Å². The van der Waals surface area contributed by atoms with Crippen molar-refractivity contribution in [2.45, 2.75) is 26.3 Å². The van der Waals surface area contributed by atoms with Crippen LogP contribution >= 0.6 is 0 Å². The molecule has 0 unspecified atom stereocenters. The zero-order valence-electron chi connectivity index (χ0n) is 14.7. The number of hydrogen-bond acceptors (Lipinski definition) is 4. The first kappa shape index (κ1) is 17.2. The average Bonchev–Trinajstić information content (AvgIpc) is 2.59. The molecule has 0 amide bonds. The number of hydrogen-bond donors (Lipinski definition) is 2. The lowest BCUT2D eigenvalue weighted by Crippen LogP contribution is -2.30. The van der Waals surface area contributed by atoms with E-state index >= 15 is 0 Å². The highest BCUT2D eigenvalue weighted by Crippen LogP contribution is 2.23. The highest BCUT2D eigenvalue weighted by molar-refractivity contribution is 5.82. The second kappa shape index (κ2) is 7.53. The van der Waals surface area contributed by atoms with Crippen LogP contribution in [0.5, 0.6) is 0 Å². The molecular formula is C21H24N2O2. The molecular weight excluding hydrogens is 312 g/mol. The molecule has 0 saturated carbocycles. The van der Waals surface area contributed by atoms with Crippen LogP contribution in [0.3, 0.4) is 0 Å². The SMILES string of the molecule is CC(C)C[C@H](N)CNc1cccc(-c2cc3ccccc3oc2=O)c1. The molecule has 0 fully saturated rings. The van der Waals surface area contributed by atoms with Crippen molar-refractivity contribution in [3.8, 4) is 11.1 Å². The topological polar surface area (TPSA) is 68.3 Å². The Labute approximate surface area is 147 Å². The molecule has 0 aliphatic heterocycles. The minimum Gasteiger partial charge on any atom is -0.422 e. The fourth-order valence-corrected chi connectivity index (χ4v) is 3.00. The van der Waals surface area contributed by atoms with E-state index in [1.165, 1.54) is 0 Å². The van der Waals surface area contributed by atoms with E-state index in [4.69, 9.17) is 10.2 Å². The fraction of sp³-hybridized carbons (Fsp3) is 0.286. The van der Waals surface area contributed by atoms with Gasteiger partial charge >= 0.3 is 5.63 Å². The van der Waals surface area contributed by atoms with Gasteiger partial charge in [-0.05, 0) is 42.2 Å². The Morgan fingerprint density at radius 3 is 2.68 bits per heavy atom. The van der Waals surface area contributed by atoms with Crippen LogP contribution in [0.25, 0.3) is 22.1 Å². The predicted molar refractivity (Wildman–Crippen MR) is 104 cm³/mol. The Morgan fingerprint density at radius 2 is 1.88 bits per heavy atom. The molecule has 0 aliphatic rings. The second-order valence-electron chi connectivity index (χ2n) is 6.84. The summed E-state index contributed by atoms with van der Waals surface area (Å²) in [6.45, 7) is 5.03. The van der Waals surface area contributed by atoms with Crippen LogP contribution < -0.4 is 16.7 Å². The van der Waals surface area contributed by atoms with Gasteiger partial charge in [-0.3, -0.25) is 0 Å². The molecule has 130 valence electrons. The van der Waals surface area contributed by atoms with E-state index in [1.54, 1.807) is 6.07 Å². The Kier molecular flexibility index (Phi) is 5.19. The molecule has 0 bridgehead atoms. The molecule has 1 atom stereocenters. The molecule has 1 aromatic heterocycles. The van der Waals surface area contributed by atoms with Crippen LogP contribution in [0, 0.1) is 5.92 Å². The normalized spacial score (nSPS) is 12.5. The Morgan fingerprint density at radius 1 is 1.08 bits per heavy atom. The molecule has 1 heterocycles. The lowest BCUT2D eigenvalue weighted by molar-refractivity contribution is 0.508. The summed E-state index contributed by atoms with van der Waals surface area (Å²) in [5, 5.41) is 4.27. The Balaban J connectivity index is 1.84. The zero-order valence-corrected chi connectivity index (χ0v) is 14.7. The van der Waals surface area contributed by atoms with Crippen LogP contribution in [0.2, 0.25) is 0 Å². The van der Waals surface area contributed by atoms with E-state index < -0.39 is 0 Å². The smallest absolute Gasteiger partial charge is 0.344 e. The minimum absolute atomic E-state index is 0.106. The summed E-state index contributed by atoms with van der Waals surface area (Å²) in [4.78, 5) is 12.3. The standard InChI is InChI=1S/C21H24N2O2/c1-14(2)10-17(22)13-23-18-8-5-7-15(11-18)19-12-16-6-3-4-9-20(16)25-21(19)24/h3-9,11-12,14,17,23H,10,13,22H2,1-2H3/t17-/m0/s1. The maximum absolute atomic E-state index is 12.3. The van der Waals surface area contributed by atoms with Gasteiger partial charge in [-0.2, -0.15) is 0 Å². The van der Waals surface area contributed by atoms with Gasteiger partial charge < -0.3 is 15.5 Å². The third-order valence-corrected chi connectivity index (χ3v) is 4.16. The predicted octanol–water partition coefficient (Wildman–Crippen LogP) is 4.25. The summed E-state index contributed by atoms with van der Waals surface area (Å²) in [6, 6.07) is 17.3. The van der Waals surface area contributed by atoms with Gasteiger partial charge in [-0.1, -0.05) is 44.2 Å². The monoisotopic (exact) mass is 336 g/mol. The third kappa shape index (κ3) is 4.28. The van der Waals surface area contributed by atoms with E-state index in [1.807, 2.05) is 48.5 Å². The Hall–Kier alpha value is -2.59. The number of nitrogens with two attached hydrogens (primary N) is 1. The van der Waals surface area contributed by atoms with E-state index in [0.717, 1.165) is 23.1 Å². The average molecular weight is 336 g/mol. The van der Waals surface area contributed by atoms with Crippen molar-refractivity contribution in [1.29, 1.82) is 0 Å². The molecule has 0 saturated heterocycles. The molecule has 3 N–H and O–H groups in total. The summed E-state index contributed by atoms with van der Waals surface area (Å²) in [7, 11) is 0. The number of nitrogens with one attached hydrogen (secondary N) is 1. The number of benzene rings is 2. The molecule has 3 rings (SSSR count). The lowest BCUT2D eigenvalue weighted by Gasteiger charge is -2.16. The third-order valence-electron chi connectivity index (χ3n) is 4.16. The molecule has 4 nitrogen and oxygen atoms in total. The molecule has 4 heteroatoms. The summed E-state index contributed by atoms with van der Waals surface area (Å²) < 4.78 is 5.43. The van der Waals surface area contributed by atoms with Crippen LogP contribution in [0.15, 0.2) is 63.8 Å². The first-order valence-corrected chi connectivity index (χ1v) is 8.65. The van der Waals surface area contributed by atoms with Gasteiger partial charge in [0.2, 0.25) is 0 Å². The fourth-order valence-electron chi connectivity index (χ4n) is 3.00. The minimum atomic E-state index is -0.327. The van der Waals surface area contributed by atoms with Crippen LogP contribution in [-0.4, -0.2) is 12.6 Å². The van der Waals surface area contributed by atoms with Crippen molar-refractivity contribution in [3.63, 3.8) is 0 Å². The van der Waals surface area contributed by atoms with Gasteiger partial charge in [-0.15, -0.1) is 0 Å². The highest BCUT2D eigenvalue weighted by Gasteiger charge is 2.09. The quantitative estimate of drug-likeness (QED) is 0.661. The van der Waals surface area contributed by atoms with E-state index in [0.29, 0.717) is 23.6 Å². The number of fused-ring (bicyclic) bond motifs is 1. The van der Waals surface area contributed by atoms with E-state index in [-0.39, 0.29) is 11.7 Å². The number of anilines is 1. The maximum atomic E-state index is 12.3. The number of rotatable bonds is 6. The van der Waals surface area contributed by atoms with Crippen LogP contribution in [-0.2, 0) is 0 Å². The summed E-state index contributed by atoms with van der Waals surface area (Å²) >= 11 is 0. The van der Waals surface area contributed by atoms with E-state index in [9.17, 15) is 4.79 Å². The van der Waals surface area contributed by atoms with Crippen molar-refractivity contribution < 1.29 is 4.42 Å². The van der Waals surface area contributed by atoms with Gasteiger partial charge in [0.15, 0.2) is 0 Å². The van der Waals surface area contributed by atoms with E-state index in [2.05, 4.69) is 19.2 Å². The Bertz CT molecular complexity index is 915. The summed E-state index contributed by atoms with van der Waals surface area (Å²) in [6.07, 6.45) is 0.973. The van der Waals surface area contributed by atoms with Gasteiger partial charge in [0, 0.05) is 23.7 Å². The highest BCUT2D eigenvalue weighted by atomic mass is 16.4. The van der Waals surface area contributed by atoms with Crippen molar-refractivity contribution in [2.24, 2.45) is 11.7 Å². The van der Waals surface area contributed by atoms with Crippen molar-refractivity contribution >= 4 is 16.7 Å². The largest absolute Gasteiger partial charge is 0.422 e. The van der Waals surface area contributed by atoms with Gasteiger partial charge in [-0.25, -0.2) is 4.79 Å².